The lowest BCUT2D eigenvalue weighted by Gasteiger charge is -2.21. The lowest BCUT2D eigenvalue weighted by Crippen LogP contribution is -2.36. The Morgan fingerprint density at radius 2 is 2.24 bits per heavy atom. The van der Waals surface area contributed by atoms with E-state index >= 15 is 0 Å². The van der Waals surface area contributed by atoms with E-state index in [1.807, 2.05) is 6.92 Å². The van der Waals surface area contributed by atoms with Gasteiger partial charge in [0.1, 0.15) is 0 Å². The SMILES string of the molecule is Cc1csc(N2CCCN(CC(=O)Nc3cccc(C#N)c3)CC2)n1. The van der Waals surface area contributed by atoms with E-state index in [0.29, 0.717) is 17.8 Å². The Kier molecular flexibility index (Phi) is 5.64. The molecule has 0 bridgehead atoms. The average molecular weight is 355 g/mol. The second-order valence-electron chi connectivity index (χ2n) is 6.13. The molecule has 1 fully saturated rings. The number of nitrogens with zero attached hydrogens (tertiary/aromatic N) is 4. The Hall–Kier alpha value is -2.43. The van der Waals surface area contributed by atoms with Gasteiger partial charge in [0, 0.05) is 37.2 Å². The molecule has 3 rings (SSSR count). The van der Waals surface area contributed by atoms with Crippen LogP contribution in [0.4, 0.5) is 10.8 Å². The lowest BCUT2D eigenvalue weighted by atomic mass is 10.2. The molecule has 2 heterocycles. The highest BCUT2D eigenvalue weighted by Gasteiger charge is 2.19. The number of aromatic nitrogens is 1. The molecule has 0 radical (unpaired) electrons. The van der Waals surface area contributed by atoms with Crippen molar-refractivity contribution >= 4 is 28.1 Å². The normalized spacial score (nSPS) is 15.4. The molecule has 1 aliphatic rings. The maximum Gasteiger partial charge on any atom is 0.238 e. The molecule has 0 unspecified atom stereocenters. The summed E-state index contributed by atoms with van der Waals surface area (Å²) in [5.41, 5.74) is 2.26. The number of carbonyl (C=O) groups is 1. The highest BCUT2D eigenvalue weighted by molar-refractivity contribution is 7.13. The van der Waals surface area contributed by atoms with Gasteiger partial charge in [-0.05, 0) is 31.5 Å². The van der Waals surface area contributed by atoms with Gasteiger partial charge in [-0.15, -0.1) is 11.3 Å². The molecule has 130 valence electrons. The fourth-order valence-electron chi connectivity index (χ4n) is 2.88. The van der Waals surface area contributed by atoms with Crippen molar-refractivity contribution in [2.24, 2.45) is 0 Å². The molecule has 0 aliphatic carbocycles. The summed E-state index contributed by atoms with van der Waals surface area (Å²) >= 11 is 1.68. The molecule has 25 heavy (non-hydrogen) atoms. The van der Waals surface area contributed by atoms with E-state index in [1.165, 1.54) is 0 Å². The fourth-order valence-corrected chi connectivity index (χ4v) is 3.73. The van der Waals surface area contributed by atoms with E-state index in [1.54, 1.807) is 35.6 Å². The summed E-state index contributed by atoms with van der Waals surface area (Å²) in [6.45, 7) is 5.95. The van der Waals surface area contributed by atoms with Crippen molar-refractivity contribution in [2.45, 2.75) is 13.3 Å². The van der Waals surface area contributed by atoms with E-state index in [9.17, 15) is 4.79 Å². The second kappa shape index (κ2) is 8.10. The smallest absolute Gasteiger partial charge is 0.238 e. The van der Waals surface area contributed by atoms with Gasteiger partial charge < -0.3 is 10.2 Å². The minimum absolute atomic E-state index is 0.0476. The van der Waals surface area contributed by atoms with Crippen LogP contribution in [0.15, 0.2) is 29.6 Å². The molecule has 2 aromatic rings. The van der Waals surface area contributed by atoms with E-state index in [-0.39, 0.29) is 5.91 Å². The summed E-state index contributed by atoms with van der Waals surface area (Å²) in [6, 6.07) is 9.06. The van der Waals surface area contributed by atoms with Crippen molar-refractivity contribution in [2.75, 3.05) is 42.9 Å². The van der Waals surface area contributed by atoms with E-state index in [4.69, 9.17) is 5.26 Å². The first-order chi connectivity index (χ1) is 12.1. The summed E-state index contributed by atoms with van der Waals surface area (Å²) in [4.78, 5) is 21.3. The molecule has 1 amide bonds. The fraction of sp³-hybridized carbons (Fsp3) is 0.389. The van der Waals surface area contributed by atoms with Gasteiger partial charge in [-0.25, -0.2) is 4.98 Å². The van der Waals surface area contributed by atoms with Gasteiger partial charge in [0.15, 0.2) is 5.13 Å². The number of aryl methyl sites for hydroxylation is 1. The molecule has 1 aliphatic heterocycles. The highest BCUT2D eigenvalue weighted by atomic mass is 32.1. The maximum absolute atomic E-state index is 12.3. The summed E-state index contributed by atoms with van der Waals surface area (Å²) in [5, 5.41) is 14.9. The van der Waals surface area contributed by atoms with Crippen LogP contribution in [0.3, 0.4) is 0 Å². The Bertz CT molecular complexity index is 782. The Morgan fingerprint density at radius 1 is 1.36 bits per heavy atom. The van der Waals surface area contributed by atoms with Crippen molar-refractivity contribution in [1.29, 1.82) is 5.26 Å². The van der Waals surface area contributed by atoms with Crippen LogP contribution in [0.2, 0.25) is 0 Å². The largest absolute Gasteiger partial charge is 0.347 e. The van der Waals surface area contributed by atoms with Gasteiger partial charge in [0.05, 0.1) is 23.9 Å². The van der Waals surface area contributed by atoms with Crippen LogP contribution in [0.5, 0.6) is 0 Å². The molecular formula is C18H21N5OS. The van der Waals surface area contributed by atoms with Crippen molar-refractivity contribution < 1.29 is 4.79 Å². The molecule has 1 aromatic carbocycles. The number of rotatable bonds is 4. The third-order valence-electron chi connectivity index (χ3n) is 4.11. The van der Waals surface area contributed by atoms with Gasteiger partial charge in [0.25, 0.3) is 0 Å². The molecule has 7 heteroatoms. The van der Waals surface area contributed by atoms with Crippen LogP contribution < -0.4 is 10.2 Å². The van der Waals surface area contributed by atoms with Crippen LogP contribution in [0, 0.1) is 18.3 Å². The second-order valence-corrected chi connectivity index (χ2v) is 6.97. The van der Waals surface area contributed by atoms with Crippen LogP contribution in [0.1, 0.15) is 17.7 Å². The zero-order valence-corrected chi connectivity index (χ0v) is 15.1. The highest BCUT2D eigenvalue weighted by Crippen LogP contribution is 2.21. The third kappa shape index (κ3) is 4.78. The Labute approximate surface area is 151 Å². The minimum Gasteiger partial charge on any atom is -0.347 e. The van der Waals surface area contributed by atoms with Crippen molar-refractivity contribution in [3.63, 3.8) is 0 Å². The monoisotopic (exact) mass is 355 g/mol. The third-order valence-corrected chi connectivity index (χ3v) is 5.13. The molecule has 1 N–H and O–H groups in total. The first-order valence-corrected chi connectivity index (χ1v) is 9.21. The molecular weight excluding hydrogens is 334 g/mol. The minimum atomic E-state index is -0.0476. The number of amides is 1. The van der Waals surface area contributed by atoms with E-state index in [0.717, 1.165) is 43.4 Å². The molecule has 6 nitrogen and oxygen atoms in total. The molecule has 0 saturated carbocycles. The molecule has 1 saturated heterocycles. The molecule has 0 atom stereocenters. The topological polar surface area (TPSA) is 72.3 Å². The van der Waals surface area contributed by atoms with Crippen LogP contribution in [-0.2, 0) is 4.79 Å². The first-order valence-electron chi connectivity index (χ1n) is 8.33. The summed E-state index contributed by atoms with van der Waals surface area (Å²) in [7, 11) is 0. The van der Waals surface area contributed by atoms with Crippen LogP contribution in [-0.4, -0.2) is 48.5 Å². The number of hydrogen-bond donors (Lipinski definition) is 1. The number of carbonyl (C=O) groups excluding carboxylic acids is 1. The lowest BCUT2D eigenvalue weighted by molar-refractivity contribution is -0.117. The van der Waals surface area contributed by atoms with Crippen molar-refractivity contribution in [3.8, 4) is 6.07 Å². The number of nitrogens with one attached hydrogen (secondary N) is 1. The standard InChI is InChI=1S/C18H21N5OS/c1-14-13-25-18(20-14)23-7-3-6-22(8-9-23)12-17(24)21-16-5-2-4-15(10-16)11-19/h2,4-5,10,13H,3,6-9,12H2,1H3,(H,21,24). The molecule has 1 aromatic heterocycles. The van der Waals surface area contributed by atoms with Gasteiger partial charge in [-0.2, -0.15) is 5.26 Å². The zero-order chi connectivity index (χ0) is 17.6. The summed E-state index contributed by atoms with van der Waals surface area (Å²) in [6.07, 6.45) is 1.01. The van der Waals surface area contributed by atoms with Gasteiger partial charge in [0.2, 0.25) is 5.91 Å². The number of nitriles is 1. The summed E-state index contributed by atoms with van der Waals surface area (Å²) in [5.74, 6) is -0.0476. The van der Waals surface area contributed by atoms with Crippen molar-refractivity contribution in [3.05, 3.63) is 40.9 Å². The van der Waals surface area contributed by atoms with Crippen LogP contribution in [0.25, 0.3) is 0 Å². The van der Waals surface area contributed by atoms with E-state index < -0.39 is 0 Å². The van der Waals surface area contributed by atoms with Gasteiger partial charge in [-0.3, -0.25) is 9.69 Å². The number of benzene rings is 1. The quantitative estimate of drug-likeness (QED) is 0.912. The Balaban J connectivity index is 1.52. The molecule has 0 spiro atoms. The number of thiazole rings is 1. The van der Waals surface area contributed by atoms with Gasteiger partial charge in [-0.1, -0.05) is 6.07 Å². The zero-order valence-electron chi connectivity index (χ0n) is 14.2. The van der Waals surface area contributed by atoms with Crippen LogP contribution >= 0.6 is 11.3 Å². The summed E-state index contributed by atoms with van der Waals surface area (Å²) < 4.78 is 0. The van der Waals surface area contributed by atoms with Gasteiger partial charge >= 0.3 is 0 Å². The maximum atomic E-state index is 12.3. The predicted octanol–water partition coefficient (Wildman–Crippen LogP) is 2.47. The van der Waals surface area contributed by atoms with Crippen molar-refractivity contribution in [1.82, 2.24) is 9.88 Å². The first kappa shape index (κ1) is 17.4. The Morgan fingerprint density at radius 3 is 3.00 bits per heavy atom. The average Bonchev–Trinajstić information content (AvgIpc) is 2.90. The predicted molar refractivity (Wildman–Crippen MR) is 99.9 cm³/mol. The van der Waals surface area contributed by atoms with E-state index in [2.05, 4.69) is 31.5 Å². The number of hydrogen-bond acceptors (Lipinski definition) is 6. The number of anilines is 2.